The predicted molar refractivity (Wildman–Crippen MR) is 76.9 cm³/mol. The number of carbonyl (C=O) groups excluding carboxylic acids is 1. The topological polar surface area (TPSA) is 49.2 Å². The molecule has 0 bridgehead atoms. The summed E-state index contributed by atoms with van der Waals surface area (Å²) in [4.78, 5) is 17.2. The Morgan fingerprint density at radius 1 is 1.47 bits per heavy atom. The molecule has 1 amide bonds. The molecule has 2 heterocycles. The predicted octanol–water partition coefficient (Wildman–Crippen LogP) is 3.73. The minimum Gasteiger partial charge on any atom is -0.464 e. The van der Waals surface area contributed by atoms with Crippen LogP contribution in [0, 0.1) is 6.92 Å². The molecule has 0 aliphatic heterocycles. The third-order valence-corrected chi connectivity index (χ3v) is 3.34. The first kappa shape index (κ1) is 13.9. The first-order valence-electron chi connectivity index (χ1n) is 6.17. The third-order valence-electron chi connectivity index (χ3n) is 2.88. The average Bonchev–Trinajstić information content (AvgIpc) is 2.94. The van der Waals surface area contributed by atoms with Crippen molar-refractivity contribution in [2.45, 2.75) is 33.4 Å². The number of carbonyl (C=O) groups is 1. The van der Waals surface area contributed by atoms with E-state index >= 15 is 0 Å². The van der Waals surface area contributed by atoms with Gasteiger partial charge in [-0.3, -0.25) is 4.79 Å². The zero-order chi connectivity index (χ0) is 14.0. The average molecular weight is 325 g/mol. The van der Waals surface area contributed by atoms with Crippen molar-refractivity contribution in [3.63, 3.8) is 0 Å². The molecule has 1 N–H and O–H groups in total. The summed E-state index contributed by atoms with van der Waals surface area (Å²) in [6.45, 7) is 6.35. The van der Waals surface area contributed by atoms with Gasteiger partial charge in [0.2, 0.25) is 0 Å². The second kappa shape index (κ2) is 5.65. The summed E-state index contributed by atoms with van der Waals surface area (Å²) in [5, 5.41) is 0. The molecule has 0 saturated carbocycles. The number of aromatic nitrogens is 1. The number of amides is 1. The zero-order valence-electron chi connectivity index (χ0n) is 11.2. The van der Waals surface area contributed by atoms with Gasteiger partial charge in [-0.1, -0.05) is 0 Å². The van der Waals surface area contributed by atoms with E-state index < -0.39 is 0 Å². The minimum atomic E-state index is -0.0326. The summed E-state index contributed by atoms with van der Waals surface area (Å²) in [6, 6.07) is 5.69. The van der Waals surface area contributed by atoms with E-state index in [1.54, 1.807) is 17.2 Å². The summed E-state index contributed by atoms with van der Waals surface area (Å²) < 4.78 is 6.41. The maximum Gasteiger partial charge on any atom is 0.270 e. The van der Waals surface area contributed by atoms with Crippen molar-refractivity contribution in [1.82, 2.24) is 9.88 Å². The van der Waals surface area contributed by atoms with Crippen LogP contribution in [0.3, 0.4) is 0 Å². The van der Waals surface area contributed by atoms with Crippen LogP contribution in [0.5, 0.6) is 0 Å². The Bertz CT molecular complexity index is 572. The Morgan fingerprint density at radius 3 is 2.68 bits per heavy atom. The van der Waals surface area contributed by atoms with E-state index in [0.717, 1.165) is 16.0 Å². The quantitative estimate of drug-likeness (QED) is 0.931. The highest BCUT2D eigenvalue weighted by Gasteiger charge is 2.21. The Labute approximate surface area is 120 Å². The summed E-state index contributed by atoms with van der Waals surface area (Å²) >= 11 is 3.34. The highest BCUT2D eigenvalue weighted by molar-refractivity contribution is 9.10. The fourth-order valence-electron chi connectivity index (χ4n) is 1.87. The van der Waals surface area contributed by atoms with Crippen LogP contribution < -0.4 is 0 Å². The molecule has 5 heteroatoms. The first-order chi connectivity index (χ1) is 8.97. The van der Waals surface area contributed by atoms with Crippen LogP contribution in [-0.4, -0.2) is 21.8 Å². The molecular formula is C14H17BrN2O2. The van der Waals surface area contributed by atoms with Crippen molar-refractivity contribution in [2.75, 3.05) is 0 Å². The van der Waals surface area contributed by atoms with Crippen LogP contribution in [0.4, 0.5) is 0 Å². The maximum absolute atomic E-state index is 12.4. The molecular weight excluding hydrogens is 308 g/mol. The van der Waals surface area contributed by atoms with Gasteiger partial charge in [0.05, 0.1) is 6.54 Å². The molecule has 0 aromatic carbocycles. The molecule has 2 rings (SSSR count). The monoisotopic (exact) mass is 324 g/mol. The van der Waals surface area contributed by atoms with Crippen molar-refractivity contribution >= 4 is 21.8 Å². The van der Waals surface area contributed by atoms with E-state index in [-0.39, 0.29) is 11.9 Å². The van der Waals surface area contributed by atoms with E-state index in [4.69, 9.17) is 4.42 Å². The van der Waals surface area contributed by atoms with E-state index in [0.29, 0.717) is 12.2 Å². The van der Waals surface area contributed by atoms with Gasteiger partial charge >= 0.3 is 0 Å². The molecule has 0 unspecified atom stereocenters. The molecule has 19 heavy (non-hydrogen) atoms. The normalized spacial score (nSPS) is 11.0. The molecule has 4 nitrogen and oxygen atoms in total. The largest absolute Gasteiger partial charge is 0.464 e. The van der Waals surface area contributed by atoms with Gasteiger partial charge in [-0.05, 0) is 54.9 Å². The number of aryl methyl sites for hydroxylation is 1. The molecule has 2 aromatic rings. The van der Waals surface area contributed by atoms with Gasteiger partial charge in [0.1, 0.15) is 17.2 Å². The lowest BCUT2D eigenvalue weighted by Gasteiger charge is -2.25. The number of nitrogens with zero attached hydrogens (tertiary/aromatic N) is 1. The van der Waals surface area contributed by atoms with E-state index in [1.165, 1.54) is 0 Å². The summed E-state index contributed by atoms with van der Waals surface area (Å²) in [5.41, 5.74) is 0.573. The lowest BCUT2D eigenvalue weighted by molar-refractivity contribution is 0.0670. The fourth-order valence-corrected chi connectivity index (χ4v) is 2.22. The summed E-state index contributed by atoms with van der Waals surface area (Å²) in [7, 11) is 0. The standard InChI is InChI=1S/C14H17BrN2O2/c1-9(2)17(8-12-5-4-10(3)19-12)14(18)13-6-11(15)7-16-13/h4-7,9,16H,8H2,1-3H3. The van der Waals surface area contributed by atoms with Crippen LogP contribution in [0.1, 0.15) is 35.9 Å². The number of nitrogens with one attached hydrogen (secondary N) is 1. The number of aromatic amines is 1. The highest BCUT2D eigenvalue weighted by atomic mass is 79.9. The molecule has 0 aliphatic rings. The Hall–Kier alpha value is -1.49. The lowest BCUT2D eigenvalue weighted by Crippen LogP contribution is -2.36. The molecule has 0 fully saturated rings. The van der Waals surface area contributed by atoms with E-state index in [2.05, 4.69) is 20.9 Å². The van der Waals surface area contributed by atoms with Gasteiger partial charge in [-0.15, -0.1) is 0 Å². The van der Waals surface area contributed by atoms with Gasteiger partial charge in [0, 0.05) is 16.7 Å². The SMILES string of the molecule is Cc1ccc(CN(C(=O)c2cc(Br)c[nH]2)C(C)C)o1. The van der Waals surface area contributed by atoms with Gasteiger partial charge in [-0.2, -0.15) is 0 Å². The first-order valence-corrected chi connectivity index (χ1v) is 6.97. The molecule has 0 radical (unpaired) electrons. The summed E-state index contributed by atoms with van der Waals surface area (Å²) in [6.07, 6.45) is 1.75. The highest BCUT2D eigenvalue weighted by Crippen LogP contribution is 2.17. The number of hydrogen-bond acceptors (Lipinski definition) is 2. The third kappa shape index (κ3) is 3.29. The van der Waals surface area contributed by atoms with Gasteiger partial charge in [0.15, 0.2) is 0 Å². The molecule has 0 saturated heterocycles. The number of furan rings is 1. The van der Waals surface area contributed by atoms with Gasteiger partial charge in [0.25, 0.3) is 5.91 Å². The van der Waals surface area contributed by atoms with Crippen molar-refractivity contribution < 1.29 is 9.21 Å². The number of rotatable bonds is 4. The van der Waals surface area contributed by atoms with Crippen molar-refractivity contribution in [3.8, 4) is 0 Å². The van der Waals surface area contributed by atoms with Crippen LogP contribution in [-0.2, 0) is 6.54 Å². The molecule has 102 valence electrons. The van der Waals surface area contributed by atoms with Gasteiger partial charge in [-0.25, -0.2) is 0 Å². The number of halogens is 1. The van der Waals surface area contributed by atoms with Crippen LogP contribution >= 0.6 is 15.9 Å². The van der Waals surface area contributed by atoms with E-state index in [9.17, 15) is 4.79 Å². The smallest absolute Gasteiger partial charge is 0.270 e. The van der Waals surface area contributed by atoms with Crippen LogP contribution in [0.25, 0.3) is 0 Å². The van der Waals surface area contributed by atoms with Crippen molar-refractivity contribution in [3.05, 3.63) is 46.1 Å². The molecule has 0 aliphatic carbocycles. The molecule has 0 atom stereocenters. The van der Waals surface area contributed by atoms with Crippen LogP contribution in [0.15, 0.2) is 33.3 Å². The second-order valence-electron chi connectivity index (χ2n) is 4.77. The number of H-pyrrole nitrogens is 1. The van der Waals surface area contributed by atoms with Gasteiger partial charge < -0.3 is 14.3 Å². The van der Waals surface area contributed by atoms with Crippen molar-refractivity contribution in [2.24, 2.45) is 0 Å². The Morgan fingerprint density at radius 2 is 2.21 bits per heavy atom. The Kier molecular flexibility index (Phi) is 4.14. The second-order valence-corrected chi connectivity index (χ2v) is 5.69. The lowest BCUT2D eigenvalue weighted by atomic mass is 10.2. The Balaban J connectivity index is 2.18. The maximum atomic E-state index is 12.4. The number of hydrogen-bond donors (Lipinski definition) is 1. The van der Waals surface area contributed by atoms with E-state index in [1.807, 2.05) is 32.9 Å². The van der Waals surface area contributed by atoms with Crippen molar-refractivity contribution in [1.29, 1.82) is 0 Å². The zero-order valence-corrected chi connectivity index (χ0v) is 12.8. The molecule has 0 spiro atoms. The molecule has 2 aromatic heterocycles. The van der Waals surface area contributed by atoms with Crippen LogP contribution in [0.2, 0.25) is 0 Å². The minimum absolute atomic E-state index is 0.0326. The fraction of sp³-hybridized carbons (Fsp3) is 0.357. The summed E-state index contributed by atoms with van der Waals surface area (Å²) in [5.74, 6) is 1.62.